The molecule has 28 heavy (non-hydrogen) atoms. The summed E-state index contributed by atoms with van der Waals surface area (Å²) in [6, 6.07) is 23.1. The van der Waals surface area contributed by atoms with E-state index in [1.165, 1.54) is 24.8 Å². The number of carbonyl (C=O) groups is 1. The van der Waals surface area contributed by atoms with Crippen LogP contribution in [0.4, 0.5) is 0 Å². The molecule has 3 heteroatoms. The molecule has 0 aliphatic carbocycles. The lowest BCUT2D eigenvalue weighted by Gasteiger charge is -2.07. The molecule has 0 aliphatic heterocycles. The van der Waals surface area contributed by atoms with Crippen LogP contribution in [0, 0.1) is 0 Å². The van der Waals surface area contributed by atoms with Crippen LogP contribution in [0.2, 0.25) is 0 Å². The zero-order valence-corrected chi connectivity index (χ0v) is 16.5. The molecule has 0 N–H and O–H groups in total. The van der Waals surface area contributed by atoms with E-state index in [0.717, 1.165) is 23.3 Å². The Hall–Kier alpha value is -3.07. The summed E-state index contributed by atoms with van der Waals surface area (Å²) in [4.78, 5) is 12.3. The molecule has 0 amide bonds. The first-order valence-corrected chi connectivity index (χ1v) is 9.75. The van der Waals surface area contributed by atoms with Gasteiger partial charge in [-0.25, -0.2) is 4.79 Å². The maximum absolute atomic E-state index is 12.3. The van der Waals surface area contributed by atoms with Crippen LogP contribution in [0.5, 0.6) is 11.5 Å². The van der Waals surface area contributed by atoms with Crippen LogP contribution in [-0.4, -0.2) is 13.1 Å². The Bertz CT molecular complexity index is 879. The summed E-state index contributed by atoms with van der Waals surface area (Å²) in [5.41, 5.74) is 4.13. The van der Waals surface area contributed by atoms with Gasteiger partial charge in [0.05, 0.1) is 12.7 Å². The highest BCUT2D eigenvalue weighted by Crippen LogP contribution is 2.22. The molecule has 0 heterocycles. The van der Waals surface area contributed by atoms with Gasteiger partial charge in [-0.15, -0.1) is 0 Å². The number of esters is 1. The quantitative estimate of drug-likeness (QED) is 0.263. The van der Waals surface area contributed by atoms with Crippen molar-refractivity contribution < 1.29 is 14.3 Å². The number of unbranched alkanes of at least 4 members (excludes halogenated alkanes) is 2. The van der Waals surface area contributed by atoms with E-state index in [-0.39, 0.29) is 5.97 Å². The number of rotatable bonds is 8. The lowest BCUT2D eigenvalue weighted by Crippen LogP contribution is -2.08. The van der Waals surface area contributed by atoms with Crippen molar-refractivity contribution in [2.24, 2.45) is 0 Å². The molecular weight excluding hydrogens is 348 g/mol. The number of hydrogen-bond acceptors (Lipinski definition) is 3. The van der Waals surface area contributed by atoms with Gasteiger partial charge >= 0.3 is 5.97 Å². The highest BCUT2D eigenvalue weighted by molar-refractivity contribution is 5.91. The van der Waals surface area contributed by atoms with E-state index in [2.05, 4.69) is 31.2 Å². The van der Waals surface area contributed by atoms with Gasteiger partial charge in [-0.2, -0.15) is 0 Å². The fourth-order valence-electron chi connectivity index (χ4n) is 3.05. The summed E-state index contributed by atoms with van der Waals surface area (Å²) < 4.78 is 10.5. The summed E-state index contributed by atoms with van der Waals surface area (Å²) in [7, 11) is 1.60. The topological polar surface area (TPSA) is 35.5 Å². The first-order valence-electron chi connectivity index (χ1n) is 9.75. The lowest BCUT2D eigenvalue weighted by atomic mass is 10.0. The predicted octanol–water partition coefficient (Wildman–Crippen LogP) is 6.31. The maximum atomic E-state index is 12.3. The van der Waals surface area contributed by atoms with Gasteiger partial charge in [0, 0.05) is 0 Å². The summed E-state index contributed by atoms with van der Waals surface area (Å²) in [5.74, 6) is 0.845. The molecule has 0 saturated carbocycles. The van der Waals surface area contributed by atoms with E-state index in [9.17, 15) is 4.79 Å². The third-order valence-corrected chi connectivity index (χ3v) is 4.75. The molecule has 144 valence electrons. The van der Waals surface area contributed by atoms with E-state index in [1.807, 2.05) is 12.1 Å². The van der Waals surface area contributed by atoms with Gasteiger partial charge in [0.15, 0.2) is 0 Å². The predicted molar refractivity (Wildman–Crippen MR) is 113 cm³/mol. The van der Waals surface area contributed by atoms with Crippen LogP contribution < -0.4 is 9.47 Å². The van der Waals surface area contributed by atoms with Gasteiger partial charge in [-0.1, -0.05) is 56.2 Å². The molecule has 3 aromatic rings. The van der Waals surface area contributed by atoms with Crippen LogP contribution in [0.1, 0.15) is 42.1 Å². The molecule has 0 aliphatic rings. The van der Waals surface area contributed by atoms with E-state index in [4.69, 9.17) is 9.47 Å². The Morgan fingerprint density at radius 2 is 1.32 bits per heavy atom. The largest absolute Gasteiger partial charge is 0.497 e. The van der Waals surface area contributed by atoms with Crippen LogP contribution >= 0.6 is 0 Å². The third-order valence-electron chi connectivity index (χ3n) is 4.75. The van der Waals surface area contributed by atoms with Gasteiger partial charge in [0.2, 0.25) is 0 Å². The zero-order valence-electron chi connectivity index (χ0n) is 16.5. The monoisotopic (exact) mass is 374 g/mol. The third kappa shape index (κ3) is 5.23. The molecule has 0 unspecified atom stereocenters. The second kappa shape index (κ2) is 9.75. The molecule has 3 rings (SSSR count). The minimum absolute atomic E-state index is 0.372. The highest BCUT2D eigenvalue weighted by Gasteiger charge is 2.09. The van der Waals surface area contributed by atoms with Crippen LogP contribution in [0.15, 0.2) is 72.8 Å². The molecule has 3 aromatic carbocycles. The summed E-state index contributed by atoms with van der Waals surface area (Å²) >= 11 is 0. The SMILES string of the molecule is CCCCCc1ccc(-c2ccc(C(=O)Oc3ccc(OC)cc3)cc2)cc1. The van der Waals surface area contributed by atoms with Crippen LogP contribution in [0.25, 0.3) is 11.1 Å². The maximum Gasteiger partial charge on any atom is 0.343 e. The standard InChI is InChI=1S/C25H26O3/c1-3-4-5-6-19-7-9-20(10-8-19)21-11-13-22(14-12-21)25(26)28-24-17-15-23(27-2)16-18-24/h7-18H,3-6H2,1-2H3. The number of benzene rings is 3. The van der Waals surface area contributed by atoms with E-state index in [0.29, 0.717) is 11.3 Å². The van der Waals surface area contributed by atoms with Crippen LogP contribution in [-0.2, 0) is 6.42 Å². The molecule has 0 aromatic heterocycles. The normalized spacial score (nSPS) is 10.5. The molecule has 0 saturated heterocycles. The van der Waals surface area contributed by atoms with Crippen LogP contribution in [0.3, 0.4) is 0 Å². The number of carbonyl (C=O) groups excluding carboxylic acids is 1. The Labute approximate surface area is 166 Å². The van der Waals surface area contributed by atoms with Crippen molar-refractivity contribution in [3.63, 3.8) is 0 Å². The van der Waals surface area contributed by atoms with Gasteiger partial charge in [-0.05, 0) is 65.9 Å². The number of aryl methyl sites for hydroxylation is 1. The highest BCUT2D eigenvalue weighted by atomic mass is 16.5. The average Bonchev–Trinajstić information content (AvgIpc) is 2.75. The van der Waals surface area contributed by atoms with E-state index < -0.39 is 0 Å². The van der Waals surface area contributed by atoms with Gasteiger partial charge in [0.1, 0.15) is 11.5 Å². The van der Waals surface area contributed by atoms with Crippen molar-refractivity contribution in [2.75, 3.05) is 7.11 Å². The first-order chi connectivity index (χ1) is 13.7. The number of hydrogen-bond donors (Lipinski definition) is 0. The van der Waals surface area contributed by atoms with E-state index >= 15 is 0 Å². The molecule has 3 nitrogen and oxygen atoms in total. The van der Waals surface area contributed by atoms with Gasteiger partial charge < -0.3 is 9.47 Å². The second-order valence-corrected chi connectivity index (χ2v) is 6.80. The summed E-state index contributed by atoms with van der Waals surface area (Å²) in [5, 5.41) is 0. The van der Waals surface area contributed by atoms with Crippen molar-refractivity contribution in [3.05, 3.63) is 83.9 Å². The molecule has 0 atom stereocenters. The molecular formula is C25H26O3. The van der Waals surface area contributed by atoms with Crippen molar-refractivity contribution in [1.82, 2.24) is 0 Å². The van der Waals surface area contributed by atoms with Crippen molar-refractivity contribution >= 4 is 5.97 Å². The minimum Gasteiger partial charge on any atom is -0.497 e. The molecule has 0 fully saturated rings. The number of ether oxygens (including phenoxy) is 2. The second-order valence-electron chi connectivity index (χ2n) is 6.80. The zero-order chi connectivity index (χ0) is 19.8. The summed E-state index contributed by atoms with van der Waals surface area (Å²) in [6.07, 6.45) is 4.88. The van der Waals surface area contributed by atoms with Crippen molar-refractivity contribution in [1.29, 1.82) is 0 Å². The van der Waals surface area contributed by atoms with Gasteiger partial charge in [0.25, 0.3) is 0 Å². The molecule has 0 spiro atoms. The minimum atomic E-state index is -0.372. The Balaban J connectivity index is 1.62. The Kier molecular flexibility index (Phi) is 6.85. The summed E-state index contributed by atoms with van der Waals surface area (Å²) in [6.45, 7) is 2.22. The smallest absolute Gasteiger partial charge is 0.343 e. The van der Waals surface area contributed by atoms with Gasteiger partial charge in [-0.3, -0.25) is 0 Å². The Morgan fingerprint density at radius 1 is 0.750 bits per heavy atom. The molecule has 0 bridgehead atoms. The first kappa shape index (κ1) is 19.7. The van der Waals surface area contributed by atoms with Crippen molar-refractivity contribution in [2.45, 2.75) is 32.6 Å². The average molecular weight is 374 g/mol. The lowest BCUT2D eigenvalue weighted by molar-refractivity contribution is 0.0734. The Morgan fingerprint density at radius 3 is 1.89 bits per heavy atom. The fraction of sp³-hybridized carbons (Fsp3) is 0.240. The fourth-order valence-corrected chi connectivity index (χ4v) is 3.05. The van der Waals surface area contributed by atoms with E-state index in [1.54, 1.807) is 43.5 Å². The van der Waals surface area contributed by atoms with Crippen molar-refractivity contribution in [3.8, 4) is 22.6 Å². The molecule has 0 radical (unpaired) electrons. The number of methoxy groups -OCH3 is 1.